The molecule has 0 bridgehead atoms. The Kier molecular flexibility index (Phi) is 12.5. The van der Waals surface area contributed by atoms with Crippen molar-refractivity contribution in [2.75, 3.05) is 13.2 Å². The molecule has 0 spiro atoms. The second kappa shape index (κ2) is 16.9. The van der Waals surface area contributed by atoms with Crippen LogP contribution in [0.4, 0.5) is 0 Å². The van der Waals surface area contributed by atoms with E-state index in [1.54, 1.807) is 19.9 Å². The van der Waals surface area contributed by atoms with Gasteiger partial charge in [0.1, 0.15) is 70.9 Å². The van der Waals surface area contributed by atoms with E-state index in [9.17, 15) is 66.1 Å². The fourth-order valence-corrected chi connectivity index (χ4v) is 6.46. The van der Waals surface area contributed by atoms with E-state index < -0.39 is 122 Å². The van der Waals surface area contributed by atoms with Gasteiger partial charge in [-0.05, 0) is 44.5 Å². The first-order valence-electron chi connectivity index (χ1n) is 17.5. The minimum atomic E-state index is -2.03. The van der Waals surface area contributed by atoms with Crippen molar-refractivity contribution in [2.24, 2.45) is 5.92 Å². The monoisotopic (exact) mass is 796 g/mol. The van der Waals surface area contributed by atoms with Crippen molar-refractivity contribution in [2.45, 2.75) is 101 Å². The number of ether oxygens (including phenoxy) is 6. The van der Waals surface area contributed by atoms with Gasteiger partial charge < -0.3 is 94.1 Å². The van der Waals surface area contributed by atoms with Gasteiger partial charge in [0.2, 0.25) is 23.8 Å². The van der Waals surface area contributed by atoms with Crippen LogP contribution in [0.5, 0.6) is 23.0 Å². The third-order valence-corrected chi connectivity index (χ3v) is 9.69. The second-order valence-electron chi connectivity index (χ2n) is 13.9. The average molecular weight is 797 g/mol. The normalized spacial score (nSPS) is 34.9. The molecule has 56 heavy (non-hydrogen) atoms. The molecule has 0 aliphatic carbocycles. The van der Waals surface area contributed by atoms with Gasteiger partial charge in [-0.1, -0.05) is 11.6 Å². The summed E-state index contributed by atoms with van der Waals surface area (Å²) in [6, 6.07) is 6.25. The predicted octanol–water partition coefficient (Wildman–Crippen LogP) is -2.64. The summed E-state index contributed by atoms with van der Waals surface area (Å²) >= 11 is 0. The Hall–Kier alpha value is -3.97. The molecule has 20 nitrogen and oxygen atoms in total. The summed E-state index contributed by atoms with van der Waals surface area (Å²) in [5.41, 5.74) is -0.276. The number of phenols is 2. The van der Waals surface area contributed by atoms with Gasteiger partial charge in [0.05, 0.1) is 19.3 Å². The van der Waals surface area contributed by atoms with Crippen LogP contribution in [0.1, 0.15) is 19.4 Å². The molecule has 3 fully saturated rings. The van der Waals surface area contributed by atoms with Crippen LogP contribution in [-0.2, 0) is 25.4 Å². The standard InChI is InChI=1S/C36H44O20/c1-12(2)3-8-15-19(51-34-26(46)22(42)24(44)32(48)55-34)9-17(39)20-21(41)31(28(52-29(15)20)13-4-6-14(38)7-5-13)54-36-30(16(10-37)18(40)11-50-36)53-35-27(47)23(43)25(45)33(49)56-35/h3-7,9,16,18,22-27,30,32-40,42-49H,8,10-11H2,1-2H3/t16-,18+,22+,23+,24+,25+,26-,27-,30+,32+,33+,34+,35+,36+/m1/s1. The molecule has 0 unspecified atom stereocenters. The number of rotatable bonds is 10. The van der Waals surface area contributed by atoms with Gasteiger partial charge in [-0.15, -0.1) is 0 Å². The number of fused-ring (bicyclic) bond motifs is 1. The van der Waals surface area contributed by atoms with Crippen molar-refractivity contribution < 1.29 is 94.1 Å². The van der Waals surface area contributed by atoms with Crippen molar-refractivity contribution in [3.63, 3.8) is 0 Å². The molecule has 3 saturated heterocycles. The lowest BCUT2D eigenvalue weighted by Crippen LogP contribution is -2.62. The highest BCUT2D eigenvalue weighted by Gasteiger charge is 2.50. The summed E-state index contributed by atoms with van der Waals surface area (Å²) in [5.74, 6) is -3.35. The maximum Gasteiger partial charge on any atom is 0.239 e. The van der Waals surface area contributed by atoms with Gasteiger partial charge >= 0.3 is 0 Å². The first-order chi connectivity index (χ1) is 26.5. The van der Waals surface area contributed by atoms with E-state index in [4.69, 9.17) is 32.8 Å². The van der Waals surface area contributed by atoms with E-state index >= 15 is 0 Å². The van der Waals surface area contributed by atoms with Crippen LogP contribution in [0.25, 0.3) is 22.3 Å². The summed E-state index contributed by atoms with van der Waals surface area (Å²) in [7, 11) is 0. The fourth-order valence-electron chi connectivity index (χ4n) is 6.46. The Bertz CT molecular complexity index is 1930. The molecule has 308 valence electrons. The highest BCUT2D eigenvalue weighted by Crippen LogP contribution is 2.42. The van der Waals surface area contributed by atoms with Crippen LogP contribution in [0.3, 0.4) is 0 Å². The Morgan fingerprint density at radius 2 is 1.41 bits per heavy atom. The molecule has 3 aliphatic rings. The Balaban J connectivity index is 1.49. The maximum absolute atomic E-state index is 14.6. The molecule has 6 rings (SSSR count). The van der Waals surface area contributed by atoms with Crippen molar-refractivity contribution >= 4 is 11.0 Å². The Labute approximate surface area is 316 Å². The highest BCUT2D eigenvalue weighted by atomic mass is 16.8. The minimum absolute atomic E-state index is 0.0308. The molecule has 20 heteroatoms. The summed E-state index contributed by atoms with van der Waals surface area (Å²) in [4.78, 5) is 14.6. The minimum Gasteiger partial charge on any atom is -0.508 e. The van der Waals surface area contributed by atoms with Gasteiger partial charge in [-0.2, -0.15) is 0 Å². The summed E-state index contributed by atoms with van der Waals surface area (Å²) < 4.78 is 40.1. The Morgan fingerprint density at radius 1 is 0.804 bits per heavy atom. The number of benzene rings is 2. The van der Waals surface area contributed by atoms with Crippen LogP contribution in [0.15, 0.2) is 51.2 Å². The van der Waals surface area contributed by atoms with E-state index in [-0.39, 0.29) is 40.4 Å². The molecule has 2 aromatic carbocycles. The largest absolute Gasteiger partial charge is 0.508 e. The van der Waals surface area contributed by atoms with E-state index in [0.29, 0.717) is 0 Å². The molecule has 1 aromatic heterocycles. The van der Waals surface area contributed by atoms with Gasteiger partial charge in [-0.3, -0.25) is 4.79 Å². The zero-order valence-electron chi connectivity index (χ0n) is 29.8. The number of aliphatic hydroxyl groups is 10. The molecular formula is C36H44O20. The molecule has 3 aliphatic heterocycles. The van der Waals surface area contributed by atoms with Crippen LogP contribution in [0, 0.1) is 5.92 Å². The van der Waals surface area contributed by atoms with Gasteiger partial charge in [0.25, 0.3) is 0 Å². The highest BCUT2D eigenvalue weighted by molar-refractivity contribution is 5.91. The number of hydrogen-bond donors (Lipinski definition) is 12. The molecule has 0 saturated carbocycles. The molecule has 4 heterocycles. The second-order valence-corrected chi connectivity index (χ2v) is 13.9. The van der Waals surface area contributed by atoms with Crippen molar-refractivity contribution in [1.29, 1.82) is 0 Å². The van der Waals surface area contributed by atoms with E-state index in [1.807, 2.05) is 0 Å². The third kappa shape index (κ3) is 8.08. The quantitative estimate of drug-likeness (QED) is 0.0933. The average Bonchev–Trinajstić information content (AvgIpc) is 3.16. The molecule has 3 aromatic rings. The fraction of sp³-hybridized carbons (Fsp3) is 0.528. The van der Waals surface area contributed by atoms with Gasteiger partial charge in [-0.25, -0.2) is 0 Å². The Morgan fingerprint density at radius 3 is 2.02 bits per heavy atom. The molecular weight excluding hydrogens is 752 g/mol. The zero-order chi connectivity index (χ0) is 40.7. The number of allylic oxidation sites excluding steroid dienone is 2. The number of aromatic hydroxyl groups is 2. The van der Waals surface area contributed by atoms with Crippen LogP contribution in [-0.4, -0.2) is 155 Å². The molecule has 0 amide bonds. The maximum atomic E-state index is 14.6. The van der Waals surface area contributed by atoms with Crippen molar-refractivity contribution in [3.05, 3.63) is 57.8 Å². The topological polar surface area (TPSA) is 328 Å². The smallest absolute Gasteiger partial charge is 0.239 e. The number of hydrogen-bond acceptors (Lipinski definition) is 20. The van der Waals surface area contributed by atoms with E-state index in [2.05, 4.69) is 0 Å². The van der Waals surface area contributed by atoms with Gasteiger partial charge in [0, 0.05) is 23.1 Å². The lowest BCUT2D eigenvalue weighted by atomic mass is 9.93. The van der Waals surface area contributed by atoms with Crippen LogP contribution < -0.4 is 14.9 Å². The number of aliphatic hydroxyl groups excluding tert-OH is 10. The summed E-state index contributed by atoms with van der Waals surface area (Å²) in [5, 5.41) is 124. The summed E-state index contributed by atoms with van der Waals surface area (Å²) in [6.45, 7) is 2.30. The lowest BCUT2D eigenvalue weighted by Gasteiger charge is -2.44. The first kappa shape index (κ1) is 41.7. The summed E-state index contributed by atoms with van der Waals surface area (Å²) in [6.07, 6.45) is -22.2. The molecule has 14 atom stereocenters. The SMILES string of the molecule is CC(C)=CCc1c(O[C@H]2O[C@H](O)[C@@H](O)[C@H](O)[C@H]2O)cc(O)c2c(=O)c(O[C@@H]3OC[C@H](O)[C@@H](CO)[C@@H]3O[C@H]3O[C@H](O)[C@@H](O)[C@H](O)[C@H]3O)c(-c3ccc(O)cc3)oc12. The van der Waals surface area contributed by atoms with Crippen molar-refractivity contribution in [3.8, 4) is 34.3 Å². The van der Waals surface area contributed by atoms with E-state index in [0.717, 1.165) is 11.6 Å². The molecule has 0 radical (unpaired) electrons. The predicted molar refractivity (Wildman–Crippen MR) is 185 cm³/mol. The van der Waals surface area contributed by atoms with E-state index in [1.165, 1.54) is 24.3 Å². The lowest BCUT2D eigenvalue weighted by molar-refractivity contribution is -0.370. The first-order valence-corrected chi connectivity index (χ1v) is 17.5. The van der Waals surface area contributed by atoms with Gasteiger partial charge in [0.15, 0.2) is 24.6 Å². The zero-order valence-corrected chi connectivity index (χ0v) is 29.8. The van der Waals surface area contributed by atoms with Crippen molar-refractivity contribution in [1.82, 2.24) is 0 Å². The number of phenolic OH excluding ortho intramolecular Hbond substituents is 2. The van der Waals surface area contributed by atoms with Crippen LogP contribution >= 0.6 is 0 Å². The molecule has 12 N–H and O–H groups in total. The van der Waals surface area contributed by atoms with Crippen LogP contribution in [0.2, 0.25) is 0 Å². The third-order valence-electron chi connectivity index (χ3n) is 9.69.